The van der Waals surface area contributed by atoms with Crippen molar-refractivity contribution >= 4 is 29.3 Å². The second-order valence-electron chi connectivity index (χ2n) is 5.05. The van der Waals surface area contributed by atoms with Crippen molar-refractivity contribution in [2.45, 2.75) is 38.0 Å². The maximum Gasteiger partial charge on any atom is 0.326 e. The van der Waals surface area contributed by atoms with Crippen LogP contribution in [0.5, 0.6) is 0 Å². The van der Waals surface area contributed by atoms with Gasteiger partial charge in [-0.15, -0.1) is 0 Å². The number of hydrogen-bond acceptors (Lipinski definition) is 4. The number of carbonyl (C=O) groups is 1. The first-order valence-electron chi connectivity index (χ1n) is 7.20. The van der Waals surface area contributed by atoms with Gasteiger partial charge >= 0.3 is 5.97 Å². The largest absolute Gasteiger partial charge is 0.465 e. The fourth-order valence-electron chi connectivity index (χ4n) is 1.94. The average molecular weight is 330 g/mol. The number of thioether (sulfide) groups is 1. The Morgan fingerprint density at radius 2 is 2.14 bits per heavy atom. The van der Waals surface area contributed by atoms with Gasteiger partial charge in [-0.05, 0) is 51.1 Å². The monoisotopic (exact) mass is 329 g/mol. The number of likely N-dealkylation sites (N-methyl/N-ethyl adjacent to an activating group) is 1. The lowest BCUT2D eigenvalue weighted by atomic mass is 9.97. The minimum atomic E-state index is -0.596. The van der Waals surface area contributed by atoms with E-state index in [-0.39, 0.29) is 5.97 Å². The van der Waals surface area contributed by atoms with Gasteiger partial charge in [-0.2, -0.15) is 11.8 Å². The molecule has 0 spiro atoms. The van der Waals surface area contributed by atoms with Crippen LogP contribution in [-0.2, 0) is 15.3 Å². The summed E-state index contributed by atoms with van der Waals surface area (Å²) in [6.45, 7) is 4.13. The summed E-state index contributed by atoms with van der Waals surface area (Å²) in [6, 6.07) is 7.90. The van der Waals surface area contributed by atoms with Gasteiger partial charge in [-0.3, -0.25) is 4.79 Å². The minimum Gasteiger partial charge on any atom is -0.465 e. The normalized spacial score (nSPS) is 13.7. The van der Waals surface area contributed by atoms with E-state index in [9.17, 15) is 4.79 Å². The van der Waals surface area contributed by atoms with Crippen LogP contribution in [0.2, 0.25) is 5.02 Å². The molecule has 0 fully saturated rings. The summed E-state index contributed by atoms with van der Waals surface area (Å²) >= 11 is 7.96. The third kappa shape index (κ3) is 5.89. The summed E-state index contributed by atoms with van der Waals surface area (Å²) in [5.74, 6) is 1.71. The highest BCUT2D eigenvalue weighted by atomic mass is 35.5. The van der Waals surface area contributed by atoms with Gasteiger partial charge in [0.05, 0.1) is 6.61 Å². The van der Waals surface area contributed by atoms with Crippen LogP contribution in [0.15, 0.2) is 24.3 Å². The lowest BCUT2D eigenvalue weighted by Gasteiger charge is -2.26. The zero-order valence-electron chi connectivity index (χ0n) is 12.9. The Hall–Kier alpha value is -0.710. The van der Waals surface area contributed by atoms with Gasteiger partial charge in [0.2, 0.25) is 0 Å². The molecule has 0 aliphatic rings. The Bertz CT molecular complexity index is 456. The lowest BCUT2D eigenvalue weighted by molar-refractivity contribution is -0.150. The summed E-state index contributed by atoms with van der Waals surface area (Å²) in [4.78, 5) is 11.9. The second kappa shape index (κ2) is 9.34. The van der Waals surface area contributed by atoms with Gasteiger partial charge in [0.1, 0.15) is 5.54 Å². The predicted octanol–water partition coefficient (Wildman–Crippen LogP) is 3.89. The first kappa shape index (κ1) is 18.3. The Labute approximate surface area is 136 Å². The van der Waals surface area contributed by atoms with Gasteiger partial charge in [0.15, 0.2) is 0 Å². The first-order valence-corrected chi connectivity index (χ1v) is 8.74. The lowest BCUT2D eigenvalue weighted by Crippen LogP contribution is -2.48. The minimum absolute atomic E-state index is 0.177. The van der Waals surface area contributed by atoms with Gasteiger partial charge in [-0.1, -0.05) is 29.8 Å². The Morgan fingerprint density at radius 1 is 1.43 bits per heavy atom. The molecule has 0 heterocycles. The molecule has 0 saturated heterocycles. The summed E-state index contributed by atoms with van der Waals surface area (Å²) in [7, 11) is 1.80. The molecule has 1 aromatic carbocycles. The second-order valence-corrected chi connectivity index (χ2v) is 6.56. The fourth-order valence-corrected chi connectivity index (χ4v) is 3.19. The highest BCUT2D eigenvalue weighted by Gasteiger charge is 2.32. The number of carbonyl (C=O) groups excluding carboxylic acids is 1. The maximum atomic E-state index is 11.9. The molecule has 0 bridgehead atoms. The number of hydrogen-bond donors (Lipinski definition) is 1. The van der Waals surface area contributed by atoms with E-state index in [1.165, 1.54) is 0 Å². The first-order chi connectivity index (χ1) is 10.0. The molecular weight excluding hydrogens is 306 g/mol. The van der Waals surface area contributed by atoms with Crippen LogP contribution in [0.1, 0.15) is 32.3 Å². The molecule has 1 rings (SSSR count). The average Bonchev–Trinajstić information content (AvgIpc) is 2.48. The van der Waals surface area contributed by atoms with Crippen molar-refractivity contribution in [2.75, 3.05) is 19.4 Å². The standard InChI is InChI=1S/C16H24ClNO2S/c1-4-20-15(19)16(2,18-3)10-7-11-21-12-13-8-5-6-9-14(13)17/h5-6,8-9,18H,4,7,10-12H2,1-3H3. The molecular formula is C16H24ClNO2S. The van der Waals surface area contributed by atoms with Gasteiger partial charge in [-0.25, -0.2) is 0 Å². The van der Waals surface area contributed by atoms with Crippen molar-refractivity contribution in [3.05, 3.63) is 34.9 Å². The molecule has 5 heteroatoms. The number of nitrogens with one attached hydrogen (secondary N) is 1. The van der Waals surface area contributed by atoms with Crippen LogP contribution in [0.3, 0.4) is 0 Å². The van der Waals surface area contributed by atoms with Crippen molar-refractivity contribution in [1.82, 2.24) is 5.32 Å². The highest BCUT2D eigenvalue weighted by Crippen LogP contribution is 2.22. The van der Waals surface area contributed by atoms with Crippen molar-refractivity contribution < 1.29 is 9.53 Å². The Kier molecular flexibility index (Phi) is 8.15. The number of benzene rings is 1. The van der Waals surface area contributed by atoms with Crippen molar-refractivity contribution in [2.24, 2.45) is 0 Å². The van der Waals surface area contributed by atoms with Crippen LogP contribution >= 0.6 is 23.4 Å². The van der Waals surface area contributed by atoms with E-state index in [0.29, 0.717) is 6.61 Å². The van der Waals surface area contributed by atoms with Gasteiger partial charge in [0, 0.05) is 10.8 Å². The van der Waals surface area contributed by atoms with Crippen LogP contribution in [-0.4, -0.2) is 30.9 Å². The summed E-state index contributed by atoms with van der Waals surface area (Å²) in [5.41, 5.74) is 0.562. The smallest absolute Gasteiger partial charge is 0.326 e. The van der Waals surface area contributed by atoms with E-state index in [4.69, 9.17) is 16.3 Å². The molecule has 1 aromatic rings. The molecule has 3 nitrogen and oxygen atoms in total. The quantitative estimate of drug-likeness (QED) is 0.551. The van der Waals surface area contributed by atoms with Crippen LogP contribution in [0, 0.1) is 0 Å². The topological polar surface area (TPSA) is 38.3 Å². The number of esters is 1. The molecule has 118 valence electrons. The van der Waals surface area contributed by atoms with E-state index in [1.54, 1.807) is 7.05 Å². The van der Waals surface area contributed by atoms with E-state index < -0.39 is 5.54 Å². The SMILES string of the molecule is CCOC(=O)C(C)(CCCSCc1ccccc1Cl)NC. The number of rotatable bonds is 9. The summed E-state index contributed by atoms with van der Waals surface area (Å²) < 4.78 is 5.11. The molecule has 1 N–H and O–H groups in total. The molecule has 1 unspecified atom stereocenters. The van der Waals surface area contributed by atoms with Crippen LogP contribution in [0.4, 0.5) is 0 Å². The Morgan fingerprint density at radius 3 is 2.76 bits per heavy atom. The number of halogens is 1. The van der Waals surface area contributed by atoms with E-state index in [0.717, 1.165) is 34.9 Å². The van der Waals surface area contributed by atoms with Crippen molar-refractivity contribution in [3.8, 4) is 0 Å². The molecule has 1 atom stereocenters. The fraction of sp³-hybridized carbons (Fsp3) is 0.562. The van der Waals surface area contributed by atoms with Gasteiger partial charge in [0.25, 0.3) is 0 Å². The maximum absolute atomic E-state index is 11.9. The van der Waals surface area contributed by atoms with E-state index in [2.05, 4.69) is 5.32 Å². The summed E-state index contributed by atoms with van der Waals surface area (Å²) in [6.07, 6.45) is 1.71. The van der Waals surface area contributed by atoms with Crippen LogP contribution < -0.4 is 5.32 Å². The molecule has 21 heavy (non-hydrogen) atoms. The zero-order valence-corrected chi connectivity index (χ0v) is 14.5. The third-order valence-electron chi connectivity index (χ3n) is 3.46. The molecule has 0 aliphatic heterocycles. The van der Waals surface area contributed by atoms with Gasteiger partial charge < -0.3 is 10.1 Å². The molecule has 0 radical (unpaired) electrons. The molecule has 0 aliphatic carbocycles. The van der Waals surface area contributed by atoms with Crippen molar-refractivity contribution in [1.29, 1.82) is 0 Å². The molecule has 0 aromatic heterocycles. The zero-order chi connectivity index (χ0) is 15.7. The molecule has 0 amide bonds. The predicted molar refractivity (Wildman–Crippen MR) is 90.9 cm³/mol. The van der Waals surface area contributed by atoms with Crippen LogP contribution in [0.25, 0.3) is 0 Å². The van der Waals surface area contributed by atoms with E-state index in [1.807, 2.05) is 49.9 Å². The van der Waals surface area contributed by atoms with Crippen molar-refractivity contribution in [3.63, 3.8) is 0 Å². The van der Waals surface area contributed by atoms with E-state index >= 15 is 0 Å². The highest BCUT2D eigenvalue weighted by molar-refractivity contribution is 7.98. The third-order valence-corrected chi connectivity index (χ3v) is 4.92. The Balaban J connectivity index is 2.32. The summed E-state index contributed by atoms with van der Waals surface area (Å²) in [5, 5.41) is 3.89. The number of ether oxygens (including phenoxy) is 1. The molecule has 0 saturated carbocycles.